The lowest BCUT2D eigenvalue weighted by molar-refractivity contribution is -0.149. The molecule has 0 unspecified atom stereocenters. The van der Waals surface area contributed by atoms with Crippen molar-refractivity contribution in [3.63, 3.8) is 0 Å². The summed E-state index contributed by atoms with van der Waals surface area (Å²) in [6.07, 6.45) is 1.05. The Bertz CT molecular complexity index is 936. The number of likely N-dealkylation sites (tertiary alicyclic amines) is 1. The smallest absolute Gasteiger partial charge is 0.328 e. The molecule has 1 aliphatic rings. The van der Waals surface area contributed by atoms with Gasteiger partial charge in [-0.1, -0.05) is 0 Å². The van der Waals surface area contributed by atoms with Crippen LogP contribution < -0.4 is 11.2 Å². The van der Waals surface area contributed by atoms with E-state index in [0.717, 1.165) is 16.1 Å². The number of amides is 1. The third-order valence-corrected chi connectivity index (χ3v) is 5.17. The van der Waals surface area contributed by atoms with Gasteiger partial charge in [-0.2, -0.15) is 4.37 Å². The highest BCUT2D eigenvalue weighted by Gasteiger charge is 2.30. The predicted octanol–water partition coefficient (Wildman–Crippen LogP) is 0.0986. The highest BCUT2D eigenvalue weighted by Crippen LogP contribution is 2.24. The summed E-state index contributed by atoms with van der Waals surface area (Å²) in [4.78, 5) is 52.7. The lowest BCUT2D eigenvalue weighted by atomic mass is 9.97. The number of nitrogens with zero attached hydrogens (tertiary/aromatic N) is 3. The van der Waals surface area contributed by atoms with Crippen LogP contribution in [-0.2, 0) is 16.6 Å². The molecule has 3 rings (SSSR count). The fraction of sp³-hybridized carbons (Fsp3) is 0.533. The molecular weight excluding hydrogens is 348 g/mol. The molecular formula is C15H18N4O5S. The van der Waals surface area contributed by atoms with Gasteiger partial charge in [0.25, 0.3) is 11.5 Å². The van der Waals surface area contributed by atoms with E-state index in [1.165, 1.54) is 7.05 Å². The Morgan fingerprint density at radius 3 is 2.64 bits per heavy atom. The number of fused-ring (bicyclic) bond motifs is 1. The number of hydrogen-bond acceptors (Lipinski definition) is 7. The fourth-order valence-corrected chi connectivity index (χ4v) is 3.66. The van der Waals surface area contributed by atoms with Gasteiger partial charge in [0.05, 0.1) is 18.0 Å². The highest BCUT2D eigenvalue weighted by molar-refractivity contribution is 7.09. The number of ether oxygens (including phenoxy) is 1. The zero-order valence-electron chi connectivity index (χ0n) is 13.9. The van der Waals surface area contributed by atoms with Crippen molar-refractivity contribution in [3.05, 3.63) is 25.7 Å². The molecule has 0 spiro atoms. The number of aromatic nitrogens is 3. The maximum Gasteiger partial charge on any atom is 0.328 e. The highest BCUT2D eigenvalue weighted by atomic mass is 32.1. The number of piperidine rings is 1. The van der Waals surface area contributed by atoms with E-state index >= 15 is 0 Å². The van der Waals surface area contributed by atoms with Crippen LogP contribution in [0.25, 0.3) is 11.0 Å². The molecule has 0 aromatic carbocycles. The van der Waals surface area contributed by atoms with Gasteiger partial charge in [0, 0.05) is 20.1 Å². The van der Waals surface area contributed by atoms with Crippen LogP contribution in [0.1, 0.15) is 29.4 Å². The molecule has 134 valence electrons. The maximum absolute atomic E-state index is 12.7. The third kappa shape index (κ3) is 3.09. The minimum Gasteiger partial charge on any atom is -0.466 e. The van der Waals surface area contributed by atoms with E-state index in [1.54, 1.807) is 11.8 Å². The van der Waals surface area contributed by atoms with Crippen molar-refractivity contribution in [2.45, 2.75) is 19.8 Å². The minimum atomic E-state index is -0.590. The zero-order valence-corrected chi connectivity index (χ0v) is 14.7. The van der Waals surface area contributed by atoms with Gasteiger partial charge in [0.15, 0.2) is 5.52 Å². The number of H-pyrrole nitrogens is 1. The molecule has 2 aromatic rings. The molecule has 0 saturated carbocycles. The monoisotopic (exact) mass is 366 g/mol. The summed E-state index contributed by atoms with van der Waals surface area (Å²) < 4.78 is 9.96. The second-order valence-corrected chi connectivity index (χ2v) is 6.62. The van der Waals surface area contributed by atoms with Gasteiger partial charge < -0.3 is 14.6 Å². The Labute approximate surface area is 146 Å². The van der Waals surface area contributed by atoms with Crippen molar-refractivity contribution < 1.29 is 14.3 Å². The van der Waals surface area contributed by atoms with Crippen LogP contribution in [0, 0.1) is 5.92 Å². The topological polar surface area (TPSA) is 114 Å². The van der Waals surface area contributed by atoms with Gasteiger partial charge in [0.1, 0.15) is 4.88 Å². The molecule has 1 N–H and O–H groups in total. The molecule has 0 bridgehead atoms. The molecule has 0 aliphatic carbocycles. The zero-order chi connectivity index (χ0) is 18.1. The summed E-state index contributed by atoms with van der Waals surface area (Å²) in [5, 5.41) is 0. The number of aromatic amines is 1. The summed E-state index contributed by atoms with van der Waals surface area (Å²) in [6, 6.07) is 0. The van der Waals surface area contributed by atoms with Crippen LogP contribution in [0.4, 0.5) is 0 Å². The summed E-state index contributed by atoms with van der Waals surface area (Å²) in [6.45, 7) is 2.93. The standard InChI is InChI=1S/C15H18N4O5S/c1-3-24-14(22)8-4-6-19(7-5-8)13(21)11-9-10(17-25-11)12(20)18(2)15(23)16-9/h8H,3-7H2,1-2H3,(H,16,23). The molecule has 1 saturated heterocycles. The van der Waals surface area contributed by atoms with E-state index in [1.807, 2.05) is 0 Å². The molecule has 10 heteroatoms. The number of carbonyl (C=O) groups is 2. The molecule has 1 fully saturated rings. The van der Waals surface area contributed by atoms with Crippen molar-refractivity contribution >= 4 is 34.4 Å². The van der Waals surface area contributed by atoms with Crippen LogP contribution in [-0.4, -0.2) is 50.4 Å². The Balaban J connectivity index is 1.81. The van der Waals surface area contributed by atoms with Crippen LogP contribution in [0.3, 0.4) is 0 Å². The van der Waals surface area contributed by atoms with Crippen molar-refractivity contribution in [2.75, 3.05) is 19.7 Å². The number of rotatable bonds is 3. The van der Waals surface area contributed by atoms with E-state index in [2.05, 4.69) is 9.36 Å². The molecule has 1 amide bonds. The number of nitrogens with one attached hydrogen (secondary N) is 1. The van der Waals surface area contributed by atoms with Gasteiger partial charge in [-0.3, -0.25) is 19.0 Å². The maximum atomic E-state index is 12.7. The Morgan fingerprint density at radius 2 is 2.00 bits per heavy atom. The lowest BCUT2D eigenvalue weighted by Crippen LogP contribution is -2.40. The van der Waals surface area contributed by atoms with E-state index < -0.39 is 11.2 Å². The summed E-state index contributed by atoms with van der Waals surface area (Å²) >= 11 is 0.895. The molecule has 2 aromatic heterocycles. The summed E-state index contributed by atoms with van der Waals surface area (Å²) in [7, 11) is 1.35. The van der Waals surface area contributed by atoms with Crippen LogP contribution in [0.2, 0.25) is 0 Å². The molecule has 0 radical (unpaired) electrons. The fourth-order valence-electron chi connectivity index (χ4n) is 2.86. The van der Waals surface area contributed by atoms with E-state index in [4.69, 9.17) is 4.74 Å². The molecule has 3 heterocycles. The Hall–Kier alpha value is -2.49. The Morgan fingerprint density at radius 1 is 1.32 bits per heavy atom. The van der Waals surface area contributed by atoms with Crippen LogP contribution in [0.5, 0.6) is 0 Å². The third-order valence-electron chi connectivity index (χ3n) is 4.33. The molecule has 9 nitrogen and oxygen atoms in total. The number of esters is 1. The number of hydrogen-bond donors (Lipinski definition) is 1. The first kappa shape index (κ1) is 17.3. The van der Waals surface area contributed by atoms with Crippen LogP contribution >= 0.6 is 11.5 Å². The lowest BCUT2D eigenvalue weighted by Gasteiger charge is -2.30. The van der Waals surface area contributed by atoms with Crippen molar-refractivity contribution in [1.82, 2.24) is 18.8 Å². The number of carbonyl (C=O) groups excluding carboxylic acids is 2. The van der Waals surface area contributed by atoms with Crippen molar-refractivity contribution in [1.29, 1.82) is 0 Å². The quantitative estimate of drug-likeness (QED) is 0.771. The second kappa shape index (κ2) is 6.79. The van der Waals surface area contributed by atoms with Gasteiger partial charge in [-0.15, -0.1) is 0 Å². The average Bonchev–Trinajstić information content (AvgIpc) is 3.03. The van der Waals surface area contributed by atoms with E-state index in [-0.39, 0.29) is 33.7 Å². The van der Waals surface area contributed by atoms with E-state index in [9.17, 15) is 19.2 Å². The van der Waals surface area contributed by atoms with Crippen molar-refractivity contribution in [3.8, 4) is 0 Å². The van der Waals surface area contributed by atoms with Gasteiger partial charge in [-0.05, 0) is 31.3 Å². The van der Waals surface area contributed by atoms with Gasteiger partial charge in [0.2, 0.25) is 0 Å². The normalized spacial score (nSPS) is 15.5. The Kier molecular flexibility index (Phi) is 4.71. The van der Waals surface area contributed by atoms with Gasteiger partial charge in [-0.25, -0.2) is 4.79 Å². The van der Waals surface area contributed by atoms with Crippen molar-refractivity contribution in [2.24, 2.45) is 13.0 Å². The SMILES string of the molecule is CCOC(=O)C1CCN(C(=O)c2snc3c(=O)n(C)c(=O)[nH]c23)CC1. The minimum absolute atomic E-state index is 0.0804. The van der Waals surface area contributed by atoms with Crippen LogP contribution in [0.15, 0.2) is 9.59 Å². The van der Waals surface area contributed by atoms with Gasteiger partial charge >= 0.3 is 11.7 Å². The molecule has 1 aliphatic heterocycles. The average molecular weight is 366 g/mol. The van der Waals surface area contributed by atoms with E-state index in [0.29, 0.717) is 32.5 Å². The summed E-state index contributed by atoms with van der Waals surface area (Å²) in [5.41, 5.74) is -0.865. The molecule has 25 heavy (non-hydrogen) atoms. The second-order valence-electron chi connectivity index (χ2n) is 5.85. The predicted molar refractivity (Wildman–Crippen MR) is 90.7 cm³/mol. The largest absolute Gasteiger partial charge is 0.466 e. The molecule has 0 atom stereocenters. The summed E-state index contributed by atoms with van der Waals surface area (Å²) in [5.74, 6) is -0.723. The first-order valence-corrected chi connectivity index (χ1v) is 8.76. The first-order valence-electron chi connectivity index (χ1n) is 7.98. The first-order chi connectivity index (χ1) is 11.9.